The summed E-state index contributed by atoms with van der Waals surface area (Å²) >= 11 is 1.90. The van der Waals surface area contributed by atoms with Gasteiger partial charge in [0.2, 0.25) is 0 Å². The first kappa shape index (κ1) is 10.8. The molecule has 17 heavy (non-hydrogen) atoms. The predicted octanol–water partition coefficient (Wildman–Crippen LogP) is 4.55. The van der Waals surface area contributed by atoms with Gasteiger partial charge in [-0.25, -0.2) is 0 Å². The molecule has 3 rings (SSSR count). The van der Waals surface area contributed by atoms with Crippen LogP contribution in [0.25, 0.3) is 0 Å². The number of benzene rings is 1. The standard InChI is InChI=1S/C15H17NS/c1-11-5-2-3-6-13(11)16-14-7-4-8-15-12(14)9-10-17-15/h2-3,5-6,9-10,14,16H,4,7-8H2,1H3. The van der Waals surface area contributed by atoms with E-state index in [1.165, 1.54) is 36.1 Å². The molecule has 0 aliphatic heterocycles. The van der Waals surface area contributed by atoms with E-state index < -0.39 is 0 Å². The van der Waals surface area contributed by atoms with Crippen LogP contribution in [0.5, 0.6) is 0 Å². The maximum atomic E-state index is 3.70. The summed E-state index contributed by atoms with van der Waals surface area (Å²) in [6.45, 7) is 2.17. The third-order valence-corrected chi connectivity index (χ3v) is 4.52. The molecule has 88 valence electrons. The van der Waals surface area contributed by atoms with Gasteiger partial charge >= 0.3 is 0 Å². The van der Waals surface area contributed by atoms with E-state index in [-0.39, 0.29) is 0 Å². The van der Waals surface area contributed by atoms with Crippen LogP contribution in [-0.4, -0.2) is 0 Å². The number of thiophene rings is 1. The first-order valence-corrected chi connectivity index (χ1v) is 7.11. The van der Waals surface area contributed by atoms with Gasteiger partial charge in [0.1, 0.15) is 0 Å². The lowest BCUT2D eigenvalue weighted by atomic mass is 9.93. The van der Waals surface area contributed by atoms with Gasteiger partial charge in [0.05, 0.1) is 6.04 Å². The van der Waals surface area contributed by atoms with Crippen molar-refractivity contribution in [3.05, 3.63) is 51.7 Å². The van der Waals surface area contributed by atoms with Crippen molar-refractivity contribution in [1.29, 1.82) is 0 Å². The highest BCUT2D eigenvalue weighted by molar-refractivity contribution is 7.10. The second kappa shape index (κ2) is 4.53. The summed E-state index contributed by atoms with van der Waals surface area (Å²) in [5.74, 6) is 0. The van der Waals surface area contributed by atoms with Crippen molar-refractivity contribution in [3.8, 4) is 0 Å². The molecule has 0 bridgehead atoms. The van der Waals surface area contributed by atoms with Crippen molar-refractivity contribution in [1.82, 2.24) is 0 Å². The second-order valence-electron chi connectivity index (χ2n) is 4.70. The van der Waals surface area contributed by atoms with E-state index in [9.17, 15) is 0 Å². The summed E-state index contributed by atoms with van der Waals surface area (Å²) in [4.78, 5) is 1.57. The lowest BCUT2D eigenvalue weighted by Gasteiger charge is -2.25. The van der Waals surface area contributed by atoms with E-state index in [4.69, 9.17) is 0 Å². The molecule has 1 atom stereocenters. The number of hydrogen-bond donors (Lipinski definition) is 1. The topological polar surface area (TPSA) is 12.0 Å². The highest BCUT2D eigenvalue weighted by Crippen LogP contribution is 2.35. The fraction of sp³-hybridized carbons (Fsp3) is 0.333. The Balaban J connectivity index is 1.86. The molecular formula is C15H17NS. The number of aryl methyl sites for hydroxylation is 2. The van der Waals surface area contributed by atoms with Crippen molar-refractivity contribution in [3.63, 3.8) is 0 Å². The lowest BCUT2D eigenvalue weighted by Crippen LogP contribution is -2.16. The molecule has 2 heteroatoms. The van der Waals surface area contributed by atoms with Crippen LogP contribution in [0.1, 0.15) is 34.9 Å². The molecule has 1 heterocycles. The van der Waals surface area contributed by atoms with Crippen LogP contribution in [0.15, 0.2) is 35.7 Å². The Hall–Kier alpha value is -1.28. The fourth-order valence-corrected chi connectivity index (χ4v) is 3.55. The quantitative estimate of drug-likeness (QED) is 0.816. The molecule has 0 spiro atoms. The smallest absolute Gasteiger partial charge is 0.0525 e. The molecule has 0 saturated heterocycles. The van der Waals surface area contributed by atoms with Crippen molar-refractivity contribution in [2.75, 3.05) is 5.32 Å². The summed E-state index contributed by atoms with van der Waals surface area (Å²) in [5.41, 5.74) is 4.12. The predicted molar refractivity (Wildman–Crippen MR) is 74.8 cm³/mol. The Morgan fingerprint density at radius 2 is 2.12 bits per heavy atom. The third kappa shape index (κ3) is 2.09. The van der Waals surface area contributed by atoms with Crippen molar-refractivity contribution in [2.45, 2.75) is 32.2 Å². The summed E-state index contributed by atoms with van der Waals surface area (Å²) in [5, 5.41) is 5.92. The summed E-state index contributed by atoms with van der Waals surface area (Å²) in [7, 11) is 0. The summed E-state index contributed by atoms with van der Waals surface area (Å²) in [6, 6.07) is 11.3. The Morgan fingerprint density at radius 3 is 3.00 bits per heavy atom. The van der Waals surface area contributed by atoms with Crippen LogP contribution < -0.4 is 5.32 Å². The molecule has 0 saturated carbocycles. The fourth-order valence-electron chi connectivity index (χ4n) is 2.56. The zero-order valence-corrected chi connectivity index (χ0v) is 10.9. The van der Waals surface area contributed by atoms with Crippen molar-refractivity contribution >= 4 is 17.0 Å². The van der Waals surface area contributed by atoms with E-state index >= 15 is 0 Å². The van der Waals surface area contributed by atoms with Crippen LogP contribution in [0.2, 0.25) is 0 Å². The zero-order chi connectivity index (χ0) is 11.7. The molecule has 0 radical (unpaired) electrons. The number of nitrogens with one attached hydrogen (secondary N) is 1. The highest BCUT2D eigenvalue weighted by Gasteiger charge is 2.21. The van der Waals surface area contributed by atoms with Gasteiger partial charge in [0.25, 0.3) is 0 Å². The van der Waals surface area contributed by atoms with Crippen LogP contribution >= 0.6 is 11.3 Å². The molecule has 1 N–H and O–H groups in total. The normalized spacial score (nSPS) is 18.8. The van der Waals surface area contributed by atoms with E-state index in [1.54, 1.807) is 4.88 Å². The molecule has 0 amide bonds. The van der Waals surface area contributed by atoms with Crippen molar-refractivity contribution < 1.29 is 0 Å². The van der Waals surface area contributed by atoms with Gasteiger partial charge in [0.15, 0.2) is 0 Å². The van der Waals surface area contributed by atoms with E-state index in [0.717, 1.165) is 0 Å². The maximum absolute atomic E-state index is 3.70. The lowest BCUT2D eigenvalue weighted by molar-refractivity contribution is 0.608. The largest absolute Gasteiger partial charge is 0.378 e. The average Bonchev–Trinajstić information content (AvgIpc) is 2.81. The third-order valence-electron chi connectivity index (χ3n) is 3.53. The van der Waals surface area contributed by atoms with Crippen LogP contribution in [0.4, 0.5) is 5.69 Å². The van der Waals surface area contributed by atoms with E-state index in [1.807, 2.05) is 11.3 Å². The van der Waals surface area contributed by atoms with Gasteiger partial charge in [-0.3, -0.25) is 0 Å². The maximum Gasteiger partial charge on any atom is 0.0525 e. The highest BCUT2D eigenvalue weighted by atomic mass is 32.1. The second-order valence-corrected chi connectivity index (χ2v) is 5.70. The van der Waals surface area contributed by atoms with E-state index in [0.29, 0.717) is 6.04 Å². The van der Waals surface area contributed by atoms with Crippen LogP contribution in [0, 0.1) is 6.92 Å². The molecule has 0 fully saturated rings. The molecule has 2 aromatic rings. The zero-order valence-electron chi connectivity index (χ0n) is 10.1. The van der Waals surface area contributed by atoms with Gasteiger partial charge in [-0.1, -0.05) is 18.2 Å². The Bertz CT molecular complexity index is 515. The Kier molecular flexibility index (Phi) is 2.89. The molecule has 1 aliphatic rings. The Labute approximate surface area is 106 Å². The van der Waals surface area contributed by atoms with Gasteiger partial charge < -0.3 is 5.32 Å². The monoisotopic (exact) mass is 243 g/mol. The first-order valence-electron chi connectivity index (χ1n) is 6.23. The van der Waals surface area contributed by atoms with Crippen LogP contribution in [-0.2, 0) is 6.42 Å². The Morgan fingerprint density at radius 1 is 1.24 bits per heavy atom. The summed E-state index contributed by atoms with van der Waals surface area (Å²) < 4.78 is 0. The van der Waals surface area contributed by atoms with Crippen molar-refractivity contribution in [2.24, 2.45) is 0 Å². The molecule has 1 unspecified atom stereocenters. The van der Waals surface area contributed by atoms with Gasteiger partial charge in [-0.2, -0.15) is 0 Å². The number of para-hydroxylation sites is 1. The van der Waals surface area contributed by atoms with Gasteiger partial charge in [0, 0.05) is 10.6 Å². The van der Waals surface area contributed by atoms with Gasteiger partial charge in [-0.05, 0) is 54.8 Å². The summed E-state index contributed by atoms with van der Waals surface area (Å²) in [6.07, 6.45) is 3.81. The SMILES string of the molecule is Cc1ccccc1NC1CCCc2sccc21. The molecule has 1 aliphatic carbocycles. The minimum atomic E-state index is 0.506. The molecule has 1 nitrogen and oxygen atoms in total. The minimum Gasteiger partial charge on any atom is -0.378 e. The number of rotatable bonds is 2. The number of fused-ring (bicyclic) bond motifs is 1. The average molecular weight is 243 g/mol. The van der Waals surface area contributed by atoms with E-state index in [2.05, 4.69) is 48.0 Å². The van der Waals surface area contributed by atoms with Crippen LogP contribution in [0.3, 0.4) is 0 Å². The minimum absolute atomic E-state index is 0.506. The number of hydrogen-bond acceptors (Lipinski definition) is 2. The first-order chi connectivity index (χ1) is 8.34. The molecule has 1 aromatic carbocycles. The molecular weight excluding hydrogens is 226 g/mol. The van der Waals surface area contributed by atoms with Gasteiger partial charge in [-0.15, -0.1) is 11.3 Å². The molecule has 1 aromatic heterocycles. The number of anilines is 1.